The third kappa shape index (κ3) is 3.19. The molecular weight excluding hydrogens is 281 g/mol. The van der Waals surface area contributed by atoms with Gasteiger partial charge >= 0.3 is 0 Å². The predicted molar refractivity (Wildman–Crippen MR) is 74.1 cm³/mol. The lowest BCUT2D eigenvalue weighted by atomic mass is 10.0. The Balaban J connectivity index is 2.30. The highest BCUT2D eigenvalue weighted by Gasteiger charge is 2.29. The van der Waals surface area contributed by atoms with Crippen molar-refractivity contribution in [1.29, 1.82) is 0 Å². The summed E-state index contributed by atoms with van der Waals surface area (Å²) in [6.45, 7) is 2.67. The topological polar surface area (TPSA) is 57.6 Å². The van der Waals surface area contributed by atoms with E-state index in [1.54, 1.807) is 0 Å². The molecule has 0 saturated carbocycles. The smallest absolute Gasteiger partial charge is 0.245 e. The first-order valence-corrected chi connectivity index (χ1v) is 8.28. The molecule has 112 valence electrons. The fourth-order valence-corrected chi connectivity index (χ4v) is 4.01. The van der Waals surface area contributed by atoms with Gasteiger partial charge in [0, 0.05) is 13.1 Å². The fourth-order valence-electron chi connectivity index (χ4n) is 2.47. The Bertz CT molecular complexity index is 574. The lowest BCUT2D eigenvalue weighted by Crippen LogP contribution is -2.32. The third-order valence-corrected chi connectivity index (χ3v) is 5.70. The van der Waals surface area contributed by atoms with Crippen LogP contribution in [0.1, 0.15) is 31.7 Å². The van der Waals surface area contributed by atoms with Crippen LogP contribution in [-0.4, -0.2) is 30.9 Å². The Hall–Kier alpha value is -0.980. The van der Waals surface area contributed by atoms with Crippen LogP contribution in [0.3, 0.4) is 0 Å². The number of rotatable bonds is 3. The summed E-state index contributed by atoms with van der Waals surface area (Å²) in [5, 5.41) is 8.94. The van der Waals surface area contributed by atoms with Crippen LogP contribution in [-0.2, 0) is 16.6 Å². The van der Waals surface area contributed by atoms with Gasteiger partial charge in [0.2, 0.25) is 10.0 Å². The highest BCUT2D eigenvalue weighted by molar-refractivity contribution is 7.89. The van der Waals surface area contributed by atoms with Gasteiger partial charge in [-0.25, -0.2) is 12.8 Å². The average molecular weight is 301 g/mol. The molecule has 1 aromatic rings. The van der Waals surface area contributed by atoms with Crippen molar-refractivity contribution in [3.63, 3.8) is 0 Å². The molecular formula is C14H20FNO3S. The van der Waals surface area contributed by atoms with E-state index in [4.69, 9.17) is 5.11 Å². The number of aliphatic hydroxyl groups excluding tert-OH is 1. The third-order valence-electron chi connectivity index (χ3n) is 3.77. The van der Waals surface area contributed by atoms with Crippen molar-refractivity contribution in [3.8, 4) is 0 Å². The molecule has 0 aliphatic carbocycles. The monoisotopic (exact) mass is 301 g/mol. The number of aliphatic hydroxyl groups is 1. The normalized spacial score (nSPS) is 21.6. The van der Waals surface area contributed by atoms with E-state index in [1.807, 2.05) is 0 Å². The summed E-state index contributed by atoms with van der Waals surface area (Å²) in [5.74, 6) is -0.300. The van der Waals surface area contributed by atoms with Crippen molar-refractivity contribution >= 4 is 10.0 Å². The van der Waals surface area contributed by atoms with Gasteiger partial charge in [0.25, 0.3) is 0 Å². The van der Waals surface area contributed by atoms with Crippen LogP contribution in [0.25, 0.3) is 0 Å². The molecule has 1 aliphatic rings. The zero-order chi connectivity index (χ0) is 14.8. The first kappa shape index (κ1) is 15.4. The second-order valence-electron chi connectivity index (χ2n) is 5.36. The van der Waals surface area contributed by atoms with Gasteiger partial charge in [-0.15, -0.1) is 0 Å². The van der Waals surface area contributed by atoms with E-state index in [9.17, 15) is 12.8 Å². The van der Waals surface area contributed by atoms with Crippen molar-refractivity contribution in [2.24, 2.45) is 5.92 Å². The number of hydrogen-bond donors (Lipinski definition) is 1. The van der Waals surface area contributed by atoms with Crippen molar-refractivity contribution < 1.29 is 17.9 Å². The first-order valence-electron chi connectivity index (χ1n) is 6.84. The second-order valence-corrected chi connectivity index (χ2v) is 7.27. The van der Waals surface area contributed by atoms with E-state index < -0.39 is 15.8 Å². The Morgan fingerprint density at radius 3 is 2.75 bits per heavy atom. The summed E-state index contributed by atoms with van der Waals surface area (Å²) in [6, 6.07) is 3.76. The number of hydrogen-bond acceptors (Lipinski definition) is 3. The molecule has 0 aromatic heterocycles. The molecule has 1 atom stereocenters. The molecule has 0 amide bonds. The average Bonchev–Trinajstić information content (AvgIpc) is 2.63. The summed E-state index contributed by atoms with van der Waals surface area (Å²) in [6.07, 6.45) is 2.60. The molecule has 4 nitrogen and oxygen atoms in total. The van der Waals surface area contributed by atoms with Crippen molar-refractivity contribution in [2.75, 3.05) is 13.1 Å². The predicted octanol–water partition coefficient (Wildman–Crippen LogP) is 2.13. The van der Waals surface area contributed by atoms with Crippen LogP contribution in [0, 0.1) is 11.7 Å². The van der Waals surface area contributed by atoms with Gasteiger partial charge in [-0.2, -0.15) is 4.31 Å². The molecule has 1 aliphatic heterocycles. The molecule has 0 spiro atoms. The van der Waals surface area contributed by atoms with Gasteiger partial charge in [0.15, 0.2) is 0 Å². The van der Waals surface area contributed by atoms with Crippen LogP contribution in [0.5, 0.6) is 0 Å². The Kier molecular flexibility index (Phi) is 4.78. The molecule has 1 heterocycles. The molecule has 0 bridgehead atoms. The summed E-state index contributed by atoms with van der Waals surface area (Å²) in [7, 11) is -3.79. The van der Waals surface area contributed by atoms with Gasteiger partial charge in [-0.05, 0) is 42.9 Å². The van der Waals surface area contributed by atoms with Crippen LogP contribution >= 0.6 is 0 Å². The van der Waals surface area contributed by atoms with Crippen molar-refractivity contribution in [3.05, 3.63) is 29.6 Å². The van der Waals surface area contributed by atoms with E-state index in [1.165, 1.54) is 16.4 Å². The van der Waals surface area contributed by atoms with E-state index in [0.717, 1.165) is 25.3 Å². The second kappa shape index (κ2) is 6.20. The summed E-state index contributed by atoms with van der Waals surface area (Å²) in [5.41, 5.74) is 0.367. The minimum atomic E-state index is -3.79. The van der Waals surface area contributed by atoms with E-state index in [0.29, 0.717) is 24.6 Å². The largest absolute Gasteiger partial charge is 0.392 e. The number of benzene rings is 1. The lowest BCUT2D eigenvalue weighted by Gasteiger charge is -2.20. The zero-order valence-electron chi connectivity index (χ0n) is 11.5. The Morgan fingerprint density at radius 2 is 2.10 bits per heavy atom. The van der Waals surface area contributed by atoms with Crippen molar-refractivity contribution in [1.82, 2.24) is 4.31 Å². The van der Waals surface area contributed by atoms with Crippen LogP contribution in [0.2, 0.25) is 0 Å². The van der Waals surface area contributed by atoms with E-state index >= 15 is 0 Å². The van der Waals surface area contributed by atoms with Crippen molar-refractivity contribution in [2.45, 2.75) is 37.7 Å². The number of nitrogens with zero attached hydrogens (tertiary/aromatic N) is 1. The molecule has 20 heavy (non-hydrogen) atoms. The van der Waals surface area contributed by atoms with Crippen LogP contribution in [0.4, 0.5) is 4.39 Å². The molecule has 0 radical (unpaired) electrons. The number of sulfonamides is 1. The van der Waals surface area contributed by atoms with E-state index in [-0.39, 0.29) is 11.5 Å². The van der Waals surface area contributed by atoms with E-state index in [2.05, 4.69) is 6.92 Å². The molecule has 6 heteroatoms. The zero-order valence-corrected chi connectivity index (χ0v) is 12.4. The number of halogens is 1. The fraction of sp³-hybridized carbons (Fsp3) is 0.571. The maximum Gasteiger partial charge on any atom is 0.245 e. The van der Waals surface area contributed by atoms with Gasteiger partial charge in [-0.1, -0.05) is 13.0 Å². The highest BCUT2D eigenvalue weighted by atomic mass is 32.2. The van der Waals surface area contributed by atoms with Gasteiger partial charge in [0.05, 0.1) is 6.61 Å². The Morgan fingerprint density at radius 1 is 1.35 bits per heavy atom. The molecule has 2 rings (SSSR count). The van der Waals surface area contributed by atoms with Gasteiger partial charge in [0.1, 0.15) is 10.7 Å². The summed E-state index contributed by atoms with van der Waals surface area (Å²) < 4.78 is 40.3. The molecule has 1 fully saturated rings. The standard InChI is InChI=1S/C14H20FNO3S/c1-11-3-2-7-16(8-6-11)20(18,19)14-5-4-12(10-17)9-13(14)15/h4-5,9,11,17H,2-3,6-8,10H2,1H3. The first-order chi connectivity index (χ1) is 9.45. The van der Waals surface area contributed by atoms with Gasteiger partial charge in [-0.3, -0.25) is 0 Å². The van der Waals surface area contributed by atoms with Crippen LogP contribution < -0.4 is 0 Å². The van der Waals surface area contributed by atoms with Crippen LogP contribution in [0.15, 0.2) is 23.1 Å². The lowest BCUT2D eigenvalue weighted by molar-refractivity contribution is 0.281. The van der Waals surface area contributed by atoms with Gasteiger partial charge < -0.3 is 5.11 Å². The quantitative estimate of drug-likeness (QED) is 0.930. The molecule has 1 unspecified atom stereocenters. The maximum atomic E-state index is 13.9. The summed E-state index contributed by atoms with van der Waals surface area (Å²) >= 11 is 0. The summed E-state index contributed by atoms with van der Waals surface area (Å²) in [4.78, 5) is -0.302. The molecule has 1 aromatic carbocycles. The molecule has 1 N–H and O–H groups in total. The highest BCUT2D eigenvalue weighted by Crippen LogP contribution is 2.25. The Labute approximate surface area is 119 Å². The minimum absolute atomic E-state index is 0.302. The molecule has 1 saturated heterocycles. The maximum absolute atomic E-state index is 13.9. The minimum Gasteiger partial charge on any atom is -0.392 e. The SMILES string of the molecule is CC1CCCN(S(=O)(=O)c2ccc(CO)cc2F)CC1.